The topological polar surface area (TPSA) is 9.23 Å². The lowest BCUT2D eigenvalue weighted by Crippen LogP contribution is -2.55. The number of allylic oxidation sites excluding steroid dienone is 1. The summed E-state index contributed by atoms with van der Waals surface area (Å²) in [4.78, 5) is 0. The van der Waals surface area contributed by atoms with E-state index in [1.807, 2.05) is 0 Å². The van der Waals surface area contributed by atoms with Crippen LogP contribution in [-0.2, 0) is 4.74 Å². The quantitative estimate of drug-likeness (QED) is 0.541. The molecule has 2 bridgehead atoms. The van der Waals surface area contributed by atoms with Crippen LogP contribution in [-0.4, -0.2) is 43.9 Å². The Morgan fingerprint density at radius 1 is 1.28 bits per heavy atom. The molecule has 1 aliphatic carbocycles. The largest absolute Gasteiger partial charge is 0.371 e. The van der Waals surface area contributed by atoms with Crippen LogP contribution < -0.4 is 0 Å². The van der Waals surface area contributed by atoms with Gasteiger partial charge in [0.05, 0.1) is 26.7 Å². The predicted molar refractivity (Wildman–Crippen MR) is 74.3 cm³/mol. The first kappa shape index (κ1) is 12.7. The van der Waals surface area contributed by atoms with Gasteiger partial charge in [0.15, 0.2) is 0 Å². The van der Waals surface area contributed by atoms with Crippen molar-refractivity contribution in [3.63, 3.8) is 0 Å². The van der Waals surface area contributed by atoms with Crippen molar-refractivity contribution in [2.45, 2.75) is 45.1 Å². The van der Waals surface area contributed by atoms with E-state index < -0.39 is 0 Å². The van der Waals surface area contributed by atoms with Crippen molar-refractivity contribution in [2.75, 3.05) is 33.3 Å². The summed E-state index contributed by atoms with van der Waals surface area (Å²) in [5, 5.41) is 0. The molecule has 2 aliphatic heterocycles. The molecule has 0 spiro atoms. The van der Waals surface area contributed by atoms with Crippen molar-refractivity contribution in [3.05, 3.63) is 11.6 Å². The molecule has 0 saturated carbocycles. The fraction of sp³-hybridized carbons (Fsp3) is 0.875. The lowest BCUT2D eigenvalue weighted by molar-refractivity contribution is -0.917. The standard InChI is InChI=1S/C16H28NO/c1-13-6-7-14-10-15(13)16(18-12-14)11-17(2)8-4-3-5-9-17/h6,14-16H,3-5,7-12H2,1-2H3/q+1/t14-,15-,16-/m0/s1. The van der Waals surface area contributed by atoms with Crippen molar-refractivity contribution in [1.29, 1.82) is 0 Å². The summed E-state index contributed by atoms with van der Waals surface area (Å²) in [6.45, 7) is 7.28. The average molecular weight is 250 g/mol. The third-order valence-electron chi connectivity index (χ3n) is 5.46. The number of rotatable bonds is 2. The van der Waals surface area contributed by atoms with E-state index in [1.54, 1.807) is 5.57 Å². The highest BCUT2D eigenvalue weighted by Gasteiger charge is 2.39. The Morgan fingerprint density at radius 3 is 2.83 bits per heavy atom. The molecule has 2 heteroatoms. The fourth-order valence-corrected chi connectivity index (χ4v) is 4.17. The van der Waals surface area contributed by atoms with Crippen molar-refractivity contribution < 1.29 is 9.22 Å². The third kappa shape index (κ3) is 2.50. The summed E-state index contributed by atoms with van der Waals surface area (Å²) < 4.78 is 7.48. The lowest BCUT2D eigenvalue weighted by atomic mass is 9.76. The molecular formula is C16H28NO+. The van der Waals surface area contributed by atoms with Gasteiger partial charge in [0.2, 0.25) is 0 Å². The fourth-order valence-electron chi connectivity index (χ4n) is 4.17. The first-order valence-electron chi connectivity index (χ1n) is 7.78. The number of hydrogen-bond acceptors (Lipinski definition) is 1. The van der Waals surface area contributed by atoms with Gasteiger partial charge >= 0.3 is 0 Å². The third-order valence-corrected chi connectivity index (χ3v) is 5.46. The summed E-state index contributed by atoms with van der Waals surface area (Å²) >= 11 is 0. The van der Waals surface area contributed by atoms with Crippen LogP contribution >= 0.6 is 0 Å². The molecule has 0 N–H and O–H groups in total. The minimum atomic E-state index is 0.487. The average Bonchev–Trinajstić information content (AvgIpc) is 2.37. The van der Waals surface area contributed by atoms with Crippen molar-refractivity contribution >= 4 is 0 Å². The Kier molecular flexibility index (Phi) is 3.50. The van der Waals surface area contributed by atoms with Crippen LogP contribution in [0, 0.1) is 11.8 Å². The van der Waals surface area contributed by atoms with Crippen molar-refractivity contribution in [1.82, 2.24) is 0 Å². The molecule has 3 atom stereocenters. The molecule has 2 fully saturated rings. The van der Waals surface area contributed by atoms with Gasteiger partial charge in [-0.1, -0.05) is 11.6 Å². The van der Waals surface area contributed by atoms with Gasteiger partial charge in [0.25, 0.3) is 0 Å². The van der Waals surface area contributed by atoms with Crippen LogP contribution in [0.1, 0.15) is 39.0 Å². The number of piperidine rings is 1. The van der Waals surface area contributed by atoms with Gasteiger partial charge in [-0.3, -0.25) is 0 Å². The van der Waals surface area contributed by atoms with Crippen LogP contribution in [0.4, 0.5) is 0 Å². The molecule has 3 aliphatic rings. The van der Waals surface area contributed by atoms with E-state index in [4.69, 9.17) is 4.74 Å². The Balaban J connectivity index is 1.68. The Hall–Kier alpha value is -0.340. The Labute approximate surface area is 112 Å². The van der Waals surface area contributed by atoms with Crippen LogP contribution in [0.2, 0.25) is 0 Å². The smallest absolute Gasteiger partial charge is 0.113 e. The van der Waals surface area contributed by atoms with Crippen LogP contribution in [0.15, 0.2) is 11.6 Å². The number of nitrogens with zero attached hydrogens (tertiary/aromatic N) is 1. The molecule has 102 valence electrons. The maximum atomic E-state index is 6.23. The van der Waals surface area contributed by atoms with E-state index in [1.165, 1.54) is 56.2 Å². The minimum Gasteiger partial charge on any atom is -0.371 e. The number of fused-ring (bicyclic) bond motifs is 2. The SMILES string of the molecule is CC1=CC[C@@H]2CO[C@@H](C[N+]3(C)CCCCC3)[C@H]1C2. The lowest BCUT2D eigenvalue weighted by Gasteiger charge is -2.45. The molecule has 2 heterocycles. The normalized spacial score (nSPS) is 39.2. The van der Waals surface area contributed by atoms with Gasteiger partial charge in [-0.25, -0.2) is 0 Å². The zero-order valence-electron chi connectivity index (χ0n) is 12.0. The second kappa shape index (κ2) is 4.97. The van der Waals surface area contributed by atoms with Gasteiger partial charge in [0, 0.05) is 5.92 Å². The van der Waals surface area contributed by atoms with Crippen molar-refractivity contribution in [3.8, 4) is 0 Å². The van der Waals surface area contributed by atoms with Gasteiger partial charge in [-0.2, -0.15) is 0 Å². The molecule has 18 heavy (non-hydrogen) atoms. The van der Waals surface area contributed by atoms with Gasteiger partial charge in [-0.15, -0.1) is 0 Å². The number of likely N-dealkylation sites (tertiary alicyclic amines) is 1. The summed E-state index contributed by atoms with van der Waals surface area (Å²) in [6, 6.07) is 0. The van der Waals surface area contributed by atoms with Gasteiger partial charge in [-0.05, 0) is 44.9 Å². The summed E-state index contributed by atoms with van der Waals surface area (Å²) in [5.41, 5.74) is 1.60. The zero-order valence-corrected chi connectivity index (χ0v) is 12.0. The van der Waals surface area contributed by atoms with Crippen molar-refractivity contribution in [2.24, 2.45) is 11.8 Å². The molecule has 3 rings (SSSR count). The molecule has 0 radical (unpaired) electrons. The molecule has 2 nitrogen and oxygen atoms in total. The highest BCUT2D eigenvalue weighted by Crippen LogP contribution is 2.38. The number of likely N-dealkylation sites (N-methyl/N-ethyl adjacent to an activating group) is 1. The highest BCUT2D eigenvalue weighted by molar-refractivity contribution is 5.12. The highest BCUT2D eigenvalue weighted by atomic mass is 16.5. The molecular weight excluding hydrogens is 222 g/mol. The Bertz CT molecular complexity index is 330. The maximum Gasteiger partial charge on any atom is 0.113 e. The molecule has 0 aromatic heterocycles. The summed E-state index contributed by atoms with van der Waals surface area (Å²) in [6.07, 6.45) is 9.85. The van der Waals surface area contributed by atoms with E-state index in [2.05, 4.69) is 20.0 Å². The molecule has 0 aromatic rings. The molecule has 0 unspecified atom stereocenters. The monoisotopic (exact) mass is 250 g/mol. The molecule has 2 saturated heterocycles. The zero-order chi connectivity index (χ0) is 12.6. The first-order valence-corrected chi connectivity index (χ1v) is 7.78. The Morgan fingerprint density at radius 2 is 2.06 bits per heavy atom. The minimum absolute atomic E-state index is 0.487. The van der Waals surface area contributed by atoms with E-state index in [0.717, 1.165) is 18.4 Å². The first-order chi connectivity index (χ1) is 8.66. The predicted octanol–water partition coefficient (Wildman–Crippen LogP) is 2.99. The number of quaternary nitrogens is 1. The van der Waals surface area contributed by atoms with Crippen LogP contribution in [0.3, 0.4) is 0 Å². The number of hydrogen-bond donors (Lipinski definition) is 0. The van der Waals surface area contributed by atoms with E-state index >= 15 is 0 Å². The summed E-state index contributed by atoms with van der Waals surface area (Å²) in [5.74, 6) is 1.52. The number of ether oxygens (including phenoxy) is 1. The summed E-state index contributed by atoms with van der Waals surface area (Å²) in [7, 11) is 2.44. The second-order valence-corrected chi connectivity index (χ2v) is 7.07. The van der Waals surface area contributed by atoms with E-state index in [9.17, 15) is 0 Å². The van der Waals surface area contributed by atoms with Gasteiger partial charge < -0.3 is 9.22 Å². The molecule has 0 aromatic carbocycles. The van der Waals surface area contributed by atoms with Crippen LogP contribution in [0.25, 0.3) is 0 Å². The van der Waals surface area contributed by atoms with Crippen LogP contribution in [0.5, 0.6) is 0 Å². The van der Waals surface area contributed by atoms with E-state index in [-0.39, 0.29) is 0 Å². The maximum absolute atomic E-state index is 6.23. The molecule has 0 amide bonds. The van der Waals surface area contributed by atoms with Gasteiger partial charge in [0.1, 0.15) is 12.6 Å². The van der Waals surface area contributed by atoms with E-state index in [0.29, 0.717) is 6.10 Å². The second-order valence-electron chi connectivity index (χ2n) is 7.07.